The molecule has 0 unspecified atom stereocenters. The van der Waals surface area contributed by atoms with Crippen molar-refractivity contribution in [1.29, 1.82) is 0 Å². The highest BCUT2D eigenvalue weighted by Gasteiger charge is 2.16. The molecule has 4 N–H and O–H groups in total. The van der Waals surface area contributed by atoms with Gasteiger partial charge in [0.05, 0.1) is 5.39 Å². The molecule has 1 heterocycles. The van der Waals surface area contributed by atoms with Crippen molar-refractivity contribution in [2.75, 3.05) is 5.73 Å². The van der Waals surface area contributed by atoms with Crippen LogP contribution in [-0.4, -0.2) is 5.91 Å². The highest BCUT2D eigenvalue weighted by Crippen LogP contribution is 2.19. The largest absolute Gasteiger partial charge is 0.440 e. The summed E-state index contributed by atoms with van der Waals surface area (Å²) in [6, 6.07) is 5.28. The fourth-order valence-corrected chi connectivity index (χ4v) is 1.94. The van der Waals surface area contributed by atoms with Gasteiger partial charge < -0.3 is 15.9 Å². The molecule has 1 aromatic heterocycles. The lowest BCUT2D eigenvalue weighted by molar-refractivity contribution is 0.0999. The zero-order valence-electron chi connectivity index (χ0n) is 10.0. The summed E-state index contributed by atoms with van der Waals surface area (Å²) in [6.07, 6.45) is 1.82. The van der Waals surface area contributed by atoms with Crippen molar-refractivity contribution in [1.82, 2.24) is 0 Å². The van der Waals surface area contributed by atoms with Gasteiger partial charge in [0.1, 0.15) is 11.1 Å². The number of fused-ring (bicyclic) bond motifs is 1. The molecule has 0 atom stereocenters. The van der Waals surface area contributed by atoms with E-state index in [0.29, 0.717) is 11.0 Å². The number of amides is 1. The Morgan fingerprint density at radius 2 is 2.11 bits per heavy atom. The van der Waals surface area contributed by atoms with E-state index in [1.54, 1.807) is 12.1 Å². The second-order valence-electron chi connectivity index (χ2n) is 4.12. The first kappa shape index (κ1) is 12.2. The molecule has 0 saturated carbocycles. The molecule has 0 saturated heterocycles. The van der Waals surface area contributed by atoms with Gasteiger partial charge in [-0.25, -0.2) is 0 Å². The Bertz CT molecular complexity index is 674. The Balaban J connectivity index is 2.77. The highest BCUT2D eigenvalue weighted by molar-refractivity contribution is 5.99. The van der Waals surface area contributed by atoms with E-state index in [1.165, 1.54) is 0 Å². The van der Waals surface area contributed by atoms with Crippen molar-refractivity contribution in [2.24, 2.45) is 5.73 Å². The molecule has 5 heteroatoms. The molecule has 0 aliphatic rings. The summed E-state index contributed by atoms with van der Waals surface area (Å²) in [5.41, 5.74) is 11.3. The Kier molecular flexibility index (Phi) is 3.06. The number of nitrogens with two attached hydrogens (primary N) is 2. The third-order valence-electron chi connectivity index (χ3n) is 2.77. The molecule has 0 bridgehead atoms. The molecule has 0 aliphatic heterocycles. The lowest BCUT2D eigenvalue weighted by Crippen LogP contribution is -2.23. The lowest BCUT2D eigenvalue weighted by Gasteiger charge is -2.05. The molecular formula is C13H14N2O3. The summed E-state index contributed by atoms with van der Waals surface area (Å²) in [6.45, 7) is 2.05. The van der Waals surface area contributed by atoms with Gasteiger partial charge in [-0.3, -0.25) is 9.59 Å². The molecule has 94 valence electrons. The van der Waals surface area contributed by atoms with Crippen molar-refractivity contribution >= 4 is 22.8 Å². The average Bonchev–Trinajstić information content (AvgIpc) is 2.30. The quantitative estimate of drug-likeness (QED) is 0.855. The standard InChI is InChI=1S/C13H14N2O3/c1-2-3-7-4-5-9-8(6-7)11(16)10(12(14)17)13(15)18-9/h4-6H,2-3,15H2,1H3,(H2,14,17). The van der Waals surface area contributed by atoms with E-state index in [9.17, 15) is 9.59 Å². The normalized spacial score (nSPS) is 10.7. The zero-order valence-corrected chi connectivity index (χ0v) is 10.0. The number of nitrogen functional groups attached to an aromatic ring is 1. The number of carbonyl (C=O) groups excluding carboxylic acids is 1. The number of carbonyl (C=O) groups is 1. The van der Waals surface area contributed by atoms with Gasteiger partial charge in [0.15, 0.2) is 0 Å². The summed E-state index contributed by atoms with van der Waals surface area (Å²) in [4.78, 5) is 23.3. The average molecular weight is 246 g/mol. The predicted octanol–water partition coefficient (Wildman–Crippen LogP) is 1.43. The van der Waals surface area contributed by atoms with Crippen LogP contribution in [0.15, 0.2) is 27.4 Å². The fraction of sp³-hybridized carbons (Fsp3) is 0.231. The van der Waals surface area contributed by atoms with Crippen molar-refractivity contribution in [3.8, 4) is 0 Å². The second kappa shape index (κ2) is 4.52. The highest BCUT2D eigenvalue weighted by atomic mass is 16.3. The molecule has 0 aliphatic carbocycles. The number of rotatable bonds is 3. The number of aryl methyl sites for hydroxylation is 1. The number of primary amides is 1. The van der Waals surface area contributed by atoms with Crippen LogP contribution in [-0.2, 0) is 6.42 Å². The Hall–Kier alpha value is -2.30. The monoisotopic (exact) mass is 246 g/mol. The summed E-state index contributed by atoms with van der Waals surface area (Å²) in [5, 5.41) is 0.337. The van der Waals surface area contributed by atoms with E-state index in [2.05, 4.69) is 0 Å². The Morgan fingerprint density at radius 1 is 1.39 bits per heavy atom. The van der Waals surface area contributed by atoms with Crippen LogP contribution < -0.4 is 16.9 Å². The third-order valence-corrected chi connectivity index (χ3v) is 2.77. The Morgan fingerprint density at radius 3 is 2.72 bits per heavy atom. The van der Waals surface area contributed by atoms with Gasteiger partial charge in [0.2, 0.25) is 11.3 Å². The summed E-state index contributed by atoms with van der Waals surface area (Å²) >= 11 is 0. The van der Waals surface area contributed by atoms with Crippen molar-refractivity contribution < 1.29 is 9.21 Å². The minimum Gasteiger partial charge on any atom is -0.440 e. The maximum atomic E-state index is 12.1. The molecule has 0 radical (unpaired) electrons. The number of anilines is 1. The third kappa shape index (κ3) is 1.95. The van der Waals surface area contributed by atoms with Crippen LogP contribution in [0.1, 0.15) is 29.3 Å². The van der Waals surface area contributed by atoms with Crippen molar-refractivity contribution in [3.63, 3.8) is 0 Å². The van der Waals surface area contributed by atoms with Gasteiger partial charge in [-0.15, -0.1) is 0 Å². The van der Waals surface area contributed by atoms with Gasteiger partial charge in [-0.2, -0.15) is 0 Å². The van der Waals surface area contributed by atoms with Crippen molar-refractivity contribution in [3.05, 3.63) is 39.5 Å². The van der Waals surface area contributed by atoms with Gasteiger partial charge in [0, 0.05) is 0 Å². The molecule has 1 amide bonds. The topological polar surface area (TPSA) is 99.3 Å². The summed E-state index contributed by atoms with van der Waals surface area (Å²) in [7, 11) is 0. The number of hydrogen-bond acceptors (Lipinski definition) is 4. The first-order valence-corrected chi connectivity index (χ1v) is 5.69. The maximum Gasteiger partial charge on any atom is 0.258 e. The first-order chi connectivity index (χ1) is 8.54. The molecule has 18 heavy (non-hydrogen) atoms. The number of hydrogen-bond donors (Lipinski definition) is 2. The molecule has 0 fully saturated rings. The van der Waals surface area contributed by atoms with Gasteiger partial charge in [-0.1, -0.05) is 19.4 Å². The minimum absolute atomic E-state index is 0.233. The lowest BCUT2D eigenvalue weighted by atomic mass is 10.1. The van der Waals surface area contributed by atoms with Gasteiger partial charge >= 0.3 is 0 Å². The molecule has 5 nitrogen and oxygen atoms in total. The minimum atomic E-state index is -0.871. The van der Waals surface area contributed by atoms with E-state index in [4.69, 9.17) is 15.9 Å². The van der Waals surface area contributed by atoms with Crippen molar-refractivity contribution in [2.45, 2.75) is 19.8 Å². The SMILES string of the molecule is CCCc1ccc2oc(N)c(C(N)=O)c(=O)c2c1. The molecule has 2 aromatic rings. The summed E-state index contributed by atoms with van der Waals surface area (Å²) in [5.74, 6) is -1.10. The molecular weight excluding hydrogens is 232 g/mol. The predicted molar refractivity (Wildman–Crippen MR) is 69.4 cm³/mol. The summed E-state index contributed by atoms with van der Waals surface area (Å²) < 4.78 is 5.24. The van der Waals surface area contributed by atoms with Crippen LogP contribution in [0.5, 0.6) is 0 Å². The zero-order chi connectivity index (χ0) is 13.3. The Labute approximate surface area is 103 Å². The molecule has 2 rings (SSSR count). The van der Waals surface area contributed by atoms with Crippen LogP contribution in [0.2, 0.25) is 0 Å². The van der Waals surface area contributed by atoms with Crippen LogP contribution in [0.25, 0.3) is 11.0 Å². The first-order valence-electron chi connectivity index (χ1n) is 5.69. The van der Waals surface area contributed by atoms with E-state index < -0.39 is 11.3 Å². The van der Waals surface area contributed by atoms with E-state index in [0.717, 1.165) is 18.4 Å². The maximum absolute atomic E-state index is 12.1. The van der Waals surface area contributed by atoms with Crippen LogP contribution >= 0.6 is 0 Å². The fourth-order valence-electron chi connectivity index (χ4n) is 1.94. The van der Waals surface area contributed by atoms with E-state index >= 15 is 0 Å². The van der Waals surface area contributed by atoms with Crippen LogP contribution in [0, 0.1) is 0 Å². The van der Waals surface area contributed by atoms with Gasteiger partial charge in [-0.05, 0) is 24.1 Å². The van der Waals surface area contributed by atoms with Crippen LogP contribution in [0.3, 0.4) is 0 Å². The van der Waals surface area contributed by atoms with Gasteiger partial charge in [0.25, 0.3) is 5.91 Å². The van der Waals surface area contributed by atoms with E-state index in [-0.39, 0.29) is 11.4 Å². The van der Waals surface area contributed by atoms with E-state index in [1.807, 2.05) is 13.0 Å². The molecule has 1 aromatic carbocycles. The second-order valence-corrected chi connectivity index (χ2v) is 4.12. The molecule has 0 spiro atoms. The van der Waals surface area contributed by atoms with Crippen LogP contribution in [0.4, 0.5) is 5.88 Å². The number of benzene rings is 1. The smallest absolute Gasteiger partial charge is 0.258 e.